The second-order valence-electron chi connectivity index (χ2n) is 2.79. The Morgan fingerprint density at radius 3 is 2.54 bits per heavy atom. The minimum atomic E-state index is -0.181. The highest BCUT2D eigenvalue weighted by molar-refractivity contribution is 6.42. The summed E-state index contributed by atoms with van der Waals surface area (Å²) < 4.78 is 0. The first-order valence-corrected chi connectivity index (χ1v) is 4.72. The zero-order chi connectivity index (χ0) is 9.84. The van der Waals surface area contributed by atoms with Crippen molar-refractivity contribution in [2.75, 3.05) is 6.61 Å². The predicted molar refractivity (Wildman–Crippen MR) is 55.1 cm³/mol. The summed E-state index contributed by atoms with van der Waals surface area (Å²) in [5, 5.41) is 9.69. The Balaban J connectivity index is 2.84. The number of hydrogen-bond acceptors (Lipinski definition) is 2. The summed E-state index contributed by atoms with van der Waals surface area (Å²) in [6, 6.07) is 5.06. The van der Waals surface area contributed by atoms with Crippen LogP contribution >= 0.6 is 23.2 Å². The Morgan fingerprint density at radius 2 is 2.00 bits per heavy atom. The van der Waals surface area contributed by atoms with E-state index in [9.17, 15) is 0 Å². The van der Waals surface area contributed by atoms with E-state index in [-0.39, 0.29) is 12.6 Å². The van der Waals surface area contributed by atoms with Gasteiger partial charge in [-0.25, -0.2) is 0 Å². The molecule has 0 aliphatic heterocycles. The molecule has 1 aromatic carbocycles. The van der Waals surface area contributed by atoms with Crippen LogP contribution in [0.2, 0.25) is 10.0 Å². The molecule has 0 heterocycles. The number of benzene rings is 1. The van der Waals surface area contributed by atoms with Gasteiger partial charge in [0.2, 0.25) is 0 Å². The predicted octanol–water partition coefficient (Wildman–Crippen LogP) is 2.38. The molecule has 0 fully saturated rings. The first-order chi connectivity index (χ1) is 6.15. The van der Waals surface area contributed by atoms with Crippen molar-refractivity contribution in [1.82, 2.24) is 0 Å². The molecule has 0 saturated heterocycles. The average molecular weight is 220 g/mol. The second-order valence-corrected chi connectivity index (χ2v) is 3.61. The Labute approximate surface area is 87.3 Å². The van der Waals surface area contributed by atoms with Crippen molar-refractivity contribution in [3.05, 3.63) is 33.8 Å². The van der Waals surface area contributed by atoms with Crippen LogP contribution in [0.25, 0.3) is 0 Å². The van der Waals surface area contributed by atoms with Crippen molar-refractivity contribution < 1.29 is 5.11 Å². The van der Waals surface area contributed by atoms with E-state index in [1.165, 1.54) is 0 Å². The van der Waals surface area contributed by atoms with Gasteiger partial charge in [0.05, 0.1) is 10.0 Å². The van der Waals surface area contributed by atoms with E-state index in [0.29, 0.717) is 16.5 Å². The Hall–Kier alpha value is -0.280. The van der Waals surface area contributed by atoms with Crippen LogP contribution < -0.4 is 5.73 Å². The molecule has 4 heteroatoms. The van der Waals surface area contributed by atoms with Gasteiger partial charge in [-0.05, 0) is 24.1 Å². The molecule has 1 atom stereocenters. The normalized spacial score (nSPS) is 12.9. The van der Waals surface area contributed by atoms with Gasteiger partial charge in [0.25, 0.3) is 0 Å². The Morgan fingerprint density at radius 1 is 1.31 bits per heavy atom. The highest BCUT2D eigenvalue weighted by Gasteiger charge is 2.06. The maximum absolute atomic E-state index is 8.68. The van der Waals surface area contributed by atoms with E-state index in [1.807, 2.05) is 6.07 Å². The summed E-state index contributed by atoms with van der Waals surface area (Å²) in [4.78, 5) is 0. The van der Waals surface area contributed by atoms with Gasteiger partial charge < -0.3 is 10.8 Å². The lowest BCUT2D eigenvalue weighted by molar-refractivity contribution is 0.276. The molecular weight excluding hydrogens is 209 g/mol. The van der Waals surface area contributed by atoms with Crippen molar-refractivity contribution in [1.29, 1.82) is 0 Å². The summed E-state index contributed by atoms with van der Waals surface area (Å²) in [6.07, 6.45) is 0.526. The molecule has 0 radical (unpaired) electrons. The average Bonchev–Trinajstić information content (AvgIpc) is 2.10. The topological polar surface area (TPSA) is 46.2 Å². The van der Waals surface area contributed by atoms with Crippen LogP contribution in [-0.4, -0.2) is 11.7 Å². The van der Waals surface area contributed by atoms with Crippen LogP contribution in [0, 0.1) is 0 Å². The van der Waals surface area contributed by atoms with Gasteiger partial charge in [-0.3, -0.25) is 0 Å². The van der Waals surface area contributed by atoms with Crippen molar-refractivity contribution in [3.8, 4) is 0 Å². The molecule has 0 aliphatic carbocycles. The van der Waals surface area contributed by atoms with Crippen LogP contribution in [0.1, 0.15) is 18.0 Å². The number of aliphatic hydroxyl groups excluding tert-OH is 1. The first kappa shape index (κ1) is 10.8. The molecule has 0 bridgehead atoms. The standard InChI is InChI=1S/C9H11Cl2NO/c10-7-2-1-6(5-8(7)11)9(12)3-4-13/h1-2,5,9,13H,3-4,12H2. The molecule has 0 aliphatic rings. The van der Waals surface area contributed by atoms with Crippen molar-refractivity contribution >= 4 is 23.2 Å². The molecule has 2 nitrogen and oxygen atoms in total. The van der Waals surface area contributed by atoms with Crippen LogP contribution in [0.15, 0.2) is 18.2 Å². The van der Waals surface area contributed by atoms with Gasteiger partial charge in [0.15, 0.2) is 0 Å². The Bertz CT molecular complexity index is 291. The zero-order valence-corrected chi connectivity index (χ0v) is 8.52. The summed E-state index contributed by atoms with van der Waals surface area (Å²) in [5.41, 5.74) is 6.65. The second kappa shape index (κ2) is 4.82. The smallest absolute Gasteiger partial charge is 0.0595 e. The van der Waals surface area contributed by atoms with Gasteiger partial charge in [0.1, 0.15) is 0 Å². The van der Waals surface area contributed by atoms with E-state index >= 15 is 0 Å². The molecule has 1 rings (SSSR count). The van der Waals surface area contributed by atoms with Gasteiger partial charge in [-0.2, -0.15) is 0 Å². The van der Waals surface area contributed by atoms with E-state index in [0.717, 1.165) is 5.56 Å². The third kappa shape index (κ3) is 2.85. The summed E-state index contributed by atoms with van der Waals surface area (Å²) in [5.74, 6) is 0. The Kier molecular flexibility index (Phi) is 4.00. The third-order valence-corrected chi connectivity index (χ3v) is 2.55. The molecule has 1 unspecified atom stereocenters. The molecule has 0 saturated carbocycles. The quantitative estimate of drug-likeness (QED) is 0.821. The lowest BCUT2D eigenvalue weighted by atomic mass is 10.1. The number of hydrogen-bond donors (Lipinski definition) is 2. The van der Waals surface area contributed by atoms with Crippen LogP contribution in [0.4, 0.5) is 0 Å². The number of rotatable bonds is 3. The molecule has 72 valence electrons. The first-order valence-electron chi connectivity index (χ1n) is 3.96. The van der Waals surface area contributed by atoms with Crippen molar-refractivity contribution in [2.24, 2.45) is 5.73 Å². The van der Waals surface area contributed by atoms with Crippen molar-refractivity contribution in [3.63, 3.8) is 0 Å². The molecule has 1 aromatic rings. The van der Waals surface area contributed by atoms with E-state index in [1.54, 1.807) is 12.1 Å². The number of nitrogens with two attached hydrogens (primary N) is 1. The maximum Gasteiger partial charge on any atom is 0.0595 e. The highest BCUT2D eigenvalue weighted by atomic mass is 35.5. The third-order valence-electron chi connectivity index (χ3n) is 1.81. The van der Waals surface area contributed by atoms with Crippen LogP contribution in [0.3, 0.4) is 0 Å². The van der Waals surface area contributed by atoms with E-state index in [2.05, 4.69) is 0 Å². The zero-order valence-electron chi connectivity index (χ0n) is 7.00. The highest BCUT2D eigenvalue weighted by Crippen LogP contribution is 2.25. The summed E-state index contributed by atoms with van der Waals surface area (Å²) in [7, 11) is 0. The van der Waals surface area contributed by atoms with Gasteiger partial charge >= 0.3 is 0 Å². The fraction of sp³-hybridized carbons (Fsp3) is 0.333. The fourth-order valence-electron chi connectivity index (χ4n) is 1.05. The summed E-state index contributed by atoms with van der Waals surface area (Å²) >= 11 is 11.5. The van der Waals surface area contributed by atoms with Gasteiger partial charge in [-0.1, -0.05) is 29.3 Å². The van der Waals surface area contributed by atoms with Crippen LogP contribution in [0.5, 0.6) is 0 Å². The van der Waals surface area contributed by atoms with E-state index in [4.69, 9.17) is 34.0 Å². The van der Waals surface area contributed by atoms with Gasteiger partial charge in [0, 0.05) is 12.6 Å². The lowest BCUT2D eigenvalue weighted by Gasteiger charge is -2.10. The minimum Gasteiger partial charge on any atom is -0.396 e. The van der Waals surface area contributed by atoms with Crippen LogP contribution in [-0.2, 0) is 0 Å². The fourth-order valence-corrected chi connectivity index (χ4v) is 1.36. The van der Waals surface area contributed by atoms with Gasteiger partial charge in [-0.15, -0.1) is 0 Å². The summed E-state index contributed by atoms with van der Waals surface area (Å²) in [6.45, 7) is 0.0708. The number of aliphatic hydroxyl groups is 1. The van der Waals surface area contributed by atoms with E-state index < -0.39 is 0 Å². The monoisotopic (exact) mass is 219 g/mol. The minimum absolute atomic E-state index is 0.0708. The maximum atomic E-state index is 8.68. The van der Waals surface area contributed by atoms with Crippen molar-refractivity contribution in [2.45, 2.75) is 12.5 Å². The molecule has 0 aromatic heterocycles. The lowest BCUT2D eigenvalue weighted by Crippen LogP contribution is -2.11. The molecule has 3 N–H and O–H groups in total. The molecule has 13 heavy (non-hydrogen) atoms. The molecular formula is C9H11Cl2NO. The SMILES string of the molecule is NC(CCO)c1ccc(Cl)c(Cl)c1. The molecule has 0 spiro atoms. The largest absolute Gasteiger partial charge is 0.396 e. The number of halogens is 2. The molecule has 0 amide bonds.